The highest BCUT2D eigenvalue weighted by molar-refractivity contribution is 6.37. The van der Waals surface area contributed by atoms with Crippen LogP contribution in [0.3, 0.4) is 0 Å². The van der Waals surface area contributed by atoms with Gasteiger partial charge in [-0.15, -0.1) is 0 Å². The molecule has 0 bridgehead atoms. The molecule has 4 aromatic rings. The molecule has 1 aromatic heterocycles. The maximum atomic E-state index is 13.8. The maximum absolute atomic E-state index is 13.8. The topological polar surface area (TPSA) is 84.2 Å². The lowest BCUT2D eigenvalue weighted by Gasteiger charge is -2.17. The molecule has 2 N–H and O–H groups in total. The summed E-state index contributed by atoms with van der Waals surface area (Å²) in [6.45, 7) is -2.13. The van der Waals surface area contributed by atoms with Crippen LogP contribution in [0, 0.1) is 13.8 Å². The van der Waals surface area contributed by atoms with Gasteiger partial charge < -0.3 is 10.4 Å². The predicted octanol–water partition coefficient (Wildman–Crippen LogP) is 6.35. The number of aromatic nitrogens is 2. The van der Waals surface area contributed by atoms with Gasteiger partial charge in [-0.05, 0) is 49.2 Å². The number of carbonyl (C=O) groups is 1. The molecule has 3 aromatic carbocycles. The van der Waals surface area contributed by atoms with Crippen molar-refractivity contribution in [2.45, 2.75) is 26.5 Å². The molecule has 0 fully saturated rings. The van der Waals surface area contributed by atoms with Crippen LogP contribution in [0.4, 0.5) is 18.9 Å². The molecule has 1 heterocycles. The molecule has 0 radical (unpaired) electrons. The molecule has 0 saturated heterocycles. The van der Waals surface area contributed by atoms with Crippen LogP contribution in [0.1, 0.15) is 37.0 Å². The van der Waals surface area contributed by atoms with Crippen molar-refractivity contribution in [3.05, 3.63) is 97.0 Å². The minimum Gasteiger partial charge on any atom is -0.505 e. The number of aryl methyl sites for hydroxylation is 2. The minimum absolute atomic E-state index is 0.0500. The van der Waals surface area contributed by atoms with Crippen LogP contribution in [0.2, 0.25) is 10.0 Å². The summed E-state index contributed by atoms with van der Waals surface area (Å²) in [5, 5.41) is 11.7. The van der Waals surface area contributed by atoms with Gasteiger partial charge in [0.15, 0.2) is 5.75 Å². The molecule has 1 amide bonds. The van der Waals surface area contributed by atoms with Gasteiger partial charge in [0.05, 0.1) is 38.7 Å². The van der Waals surface area contributed by atoms with Crippen molar-refractivity contribution in [1.29, 1.82) is 0 Å². The standard InChI is InChI=1S/C25H18Cl2F3N3O3/c1-12-7-8-19(32-23(35)15-9-17(26)22(34)18(27)10-15)20-21(12)31-13(2)33(24(20)36)11-14-5-3-4-6-16(14)25(28,29)30/h3-10,34H,11H2,1-2H3,(H,32,35)/i2D3. The van der Waals surface area contributed by atoms with Gasteiger partial charge in [-0.1, -0.05) is 47.5 Å². The van der Waals surface area contributed by atoms with Crippen LogP contribution in [-0.2, 0) is 12.7 Å². The Labute approximate surface area is 217 Å². The lowest BCUT2D eigenvalue weighted by molar-refractivity contribution is -0.138. The fourth-order valence-electron chi connectivity index (χ4n) is 3.70. The normalized spacial score (nSPS) is 13.2. The third-order valence-corrected chi connectivity index (χ3v) is 6.07. The van der Waals surface area contributed by atoms with Crippen molar-refractivity contribution in [3.8, 4) is 5.75 Å². The number of fused-ring (bicyclic) bond motifs is 1. The molecule has 36 heavy (non-hydrogen) atoms. The molecular formula is C25H18Cl2F3N3O3. The summed E-state index contributed by atoms with van der Waals surface area (Å²) in [6, 6.07) is 9.64. The number of phenols is 1. The quantitative estimate of drug-likeness (QED) is 0.317. The molecule has 0 atom stereocenters. The summed E-state index contributed by atoms with van der Waals surface area (Å²) in [4.78, 5) is 30.9. The second-order valence-electron chi connectivity index (χ2n) is 7.88. The Morgan fingerprint density at radius 1 is 1.17 bits per heavy atom. The number of aromatic hydroxyl groups is 1. The molecule has 6 nitrogen and oxygen atoms in total. The number of halogens is 5. The lowest BCUT2D eigenvalue weighted by atomic mass is 10.1. The first-order valence-electron chi connectivity index (χ1n) is 11.8. The molecule has 0 aliphatic rings. The second-order valence-corrected chi connectivity index (χ2v) is 8.69. The Kier molecular flexibility index (Phi) is 5.71. The van der Waals surface area contributed by atoms with Crippen molar-refractivity contribution in [1.82, 2.24) is 9.55 Å². The highest BCUT2D eigenvalue weighted by Gasteiger charge is 2.33. The van der Waals surface area contributed by atoms with Gasteiger partial charge in [-0.2, -0.15) is 13.2 Å². The third kappa shape index (κ3) is 4.76. The van der Waals surface area contributed by atoms with Crippen molar-refractivity contribution in [2.75, 3.05) is 5.32 Å². The zero-order chi connectivity index (χ0) is 28.9. The molecule has 0 unspecified atom stereocenters. The average Bonchev–Trinajstić information content (AvgIpc) is 2.84. The van der Waals surface area contributed by atoms with Gasteiger partial charge in [0.1, 0.15) is 5.82 Å². The summed E-state index contributed by atoms with van der Waals surface area (Å²) in [5.41, 5.74) is -2.15. The zero-order valence-corrected chi connectivity index (χ0v) is 19.9. The summed E-state index contributed by atoms with van der Waals surface area (Å²) >= 11 is 11.8. The van der Waals surface area contributed by atoms with E-state index in [0.29, 0.717) is 10.1 Å². The van der Waals surface area contributed by atoms with E-state index in [1.807, 2.05) is 0 Å². The third-order valence-electron chi connectivity index (χ3n) is 5.49. The van der Waals surface area contributed by atoms with E-state index in [1.54, 1.807) is 6.92 Å². The fourth-order valence-corrected chi connectivity index (χ4v) is 4.19. The van der Waals surface area contributed by atoms with Crippen molar-refractivity contribution >= 4 is 45.7 Å². The number of nitrogens with zero attached hydrogens (tertiary/aromatic N) is 2. The van der Waals surface area contributed by atoms with Crippen molar-refractivity contribution < 1.29 is 27.2 Å². The van der Waals surface area contributed by atoms with Crippen LogP contribution in [-0.4, -0.2) is 20.6 Å². The number of rotatable bonds is 4. The SMILES string of the molecule is [2H]C([2H])([2H])c1nc2c(C)ccc(NC(=O)c3cc(Cl)c(O)c(Cl)c3)c2c(=O)n1Cc1ccccc1C(F)(F)F. The van der Waals surface area contributed by atoms with Gasteiger partial charge in [-0.25, -0.2) is 4.98 Å². The van der Waals surface area contributed by atoms with E-state index in [1.165, 1.54) is 24.3 Å². The minimum atomic E-state index is -4.76. The number of hydrogen-bond acceptors (Lipinski definition) is 4. The zero-order valence-electron chi connectivity index (χ0n) is 21.4. The second kappa shape index (κ2) is 9.48. The highest BCUT2D eigenvalue weighted by atomic mass is 35.5. The van der Waals surface area contributed by atoms with E-state index in [9.17, 15) is 27.9 Å². The smallest absolute Gasteiger partial charge is 0.416 e. The molecule has 0 spiro atoms. The Morgan fingerprint density at radius 2 is 1.83 bits per heavy atom. The van der Waals surface area contributed by atoms with Gasteiger partial charge >= 0.3 is 6.18 Å². The van der Waals surface area contributed by atoms with Crippen LogP contribution in [0.5, 0.6) is 5.75 Å². The van der Waals surface area contributed by atoms with E-state index >= 15 is 0 Å². The number of carbonyl (C=O) groups excluding carboxylic acids is 1. The maximum Gasteiger partial charge on any atom is 0.416 e. The van der Waals surface area contributed by atoms with E-state index in [4.69, 9.17) is 27.3 Å². The van der Waals surface area contributed by atoms with Crippen LogP contribution < -0.4 is 10.9 Å². The molecular weight excluding hydrogens is 518 g/mol. The number of anilines is 1. The van der Waals surface area contributed by atoms with Gasteiger partial charge in [0.2, 0.25) is 0 Å². The van der Waals surface area contributed by atoms with Crippen LogP contribution in [0.15, 0.2) is 53.3 Å². The molecule has 186 valence electrons. The van der Waals surface area contributed by atoms with E-state index in [-0.39, 0.29) is 37.8 Å². The van der Waals surface area contributed by atoms with E-state index in [2.05, 4.69) is 10.3 Å². The van der Waals surface area contributed by atoms with E-state index < -0.39 is 48.2 Å². The Bertz CT molecular complexity index is 1670. The van der Waals surface area contributed by atoms with Crippen molar-refractivity contribution in [3.63, 3.8) is 0 Å². The predicted molar refractivity (Wildman–Crippen MR) is 132 cm³/mol. The summed E-state index contributed by atoms with van der Waals surface area (Å²) in [6.07, 6.45) is -4.76. The number of hydrogen-bond donors (Lipinski definition) is 2. The fraction of sp³-hybridized carbons (Fsp3) is 0.160. The molecule has 0 aliphatic heterocycles. The lowest BCUT2D eigenvalue weighted by Crippen LogP contribution is -2.27. The Morgan fingerprint density at radius 3 is 2.47 bits per heavy atom. The largest absolute Gasteiger partial charge is 0.505 e. The Balaban J connectivity index is 1.93. The first-order valence-corrected chi connectivity index (χ1v) is 11.0. The highest BCUT2D eigenvalue weighted by Crippen LogP contribution is 2.34. The van der Waals surface area contributed by atoms with E-state index in [0.717, 1.165) is 24.3 Å². The van der Waals surface area contributed by atoms with Gasteiger partial charge in [0.25, 0.3) is 11.5 Å². The first kappa shape index (κ1) is 21.7. The number of nitrogens with one attached hydrogen (secondary N) is 1. The van der Waals surface area contributed by atoms with Gasteiger partial charge in [-0.3, -0.25) is 14.2 Å². The average molecular weight is 539 g/mol. The number of phenolic OH excluding ortho intramolecular Hbond substituents is 1. The van der Waals surface area contributed by atoms with Crippen molar-refractivity contribution in [2.24, 2.45) is 0 Å². The molecule has 0 saturated carbocycles. The number of amides is 1. The first-order chi connectivity index (χ1) is 18.1. The monoisotopic (exact) mass is 538 g/mol. The molecule has 11 heteroatoms. The summed E-state index contributed by atoms with van der Waals surface area (Å²) in [5.74, 6) is -1.92. The van der Waals surface area contributed by atoms with Crippen LogP contribution in [0.25, 0.3) is 10.9 Å². The van der Waals surface area contributed by atoms with Crippen LogP contribution >= 0.6 is 23.2 Å². The summed E-state index contributed by atoms with van der Waals surface area (Å²) < 4.78 is 65.3. The molecule has 0 aliphatic carbocycles. The number of alkyl halides is 3. The summed E-state index contributed by atoms with van der Waals surface area (Å²) in [7, 11) is 0. The van der Waals surface area contributed by atoms with Gasteiger partial charge in [0, 0.05) is 9.68 Å². The Hall–Kier alpha value is -3.56. The number of benzene rings is 3. The molecule has 4 rings (SSSR count).